The normalized spacial score (nSPS) is 16.6. The highest BCUT2D eigenvalue weighted by Gasteiger charge is 2.36. The number of rotatable bonds is 5. The second kappa shape index (κ2) is 8.09. The fourth-order valence-electron chi connectivity index (χ4n) is 4.08. The van der Waals surface area contributed by atoms with Crippen molar-refractivity contribution in [1.29, 1.82) is 0 Å². The van der Waals surface area contributed by atoms with Gasteiger partial charge in [-0.05, 0) is 37.5 Å². The van der Waals surface area contributed by atoms with Gasteiger partial charge in [0, 0.05) is 30.5 Å². The minimum atomic E-state index is 0.107. The predicted molar refractivity (Wildman–Crippen MR) is 110 cm³/mol. The quantitative estimate of drug-likeness (QED) is 0.496. The molecular formula is C23H26N3O2+. The number of piperidine rings is 1. The van der Waals surface area contributed by atoms with Crippen LogP contribution in [0.15, 0.2) is 60.8 Å². The molecule has 0 N–H and O–H groups in total. The topological polar surface area (TPSA) is 43.6 Å². The van der Waals surface area contributed by atoms with Crippen molar-refractivity contribution >= 4 is 17.5 Å². The van der Waals surface area contributed by atoms with Gasteiger partial charge in [0.15, 0.2) is 6.73 Å². The number of hydrogen-bond donors (Lipinski definition) is 0. The molecule has 1 fully saturated rings. The zero-order chi connectivity index (χ0) is 19.4. The third-order valence-electron chi connectivity index (χ3n) is 5.53. The van der Waals surface area contributed by atoms with Crippen LogP contribution >= 0.6 is 0 Å². The number of methoxy groups -OCH3 is 1. The van der Waals surface area contributed by atoms with E-state index in [2.05, 4.69) is 0 Å². The van der Waals surface area contributed by atoms with Crippen LogP contribution in [0.4, 0.5) is 0 Å². The van der Waals surface area contributed by atoms with Crippen molar-refractivity contribution < 1.29 is 14.0 Å². The monoisotopic (exact) mass is 376 g/mol. The Hall–Kier alpha value is -2.76. The van der Waals surface area contributed by atoms with Gasteiger partial charge in [0.2, 0.25) is 0 Å². The van der Waals surface area contributed by atoms with E-state index in [9.17, 15) is 4.79 Å². The smallest absolute Gasteiger partial charge is 0.334 e. The predicted octanol–water partition coefficient (Wildman–Crippen LogP) is 4.15. The summed E-state index contributed by atoms with van der Waals surface area (Å²) in [5, 5.41) is 4.75. The van der Waals surface area contributed by atoms with Crippen LogP contribution in [0, 0.1) is 0 Å². The SMILES string of the molecule is COC[N+]1(C(=O)C=Cc2c(-c3ccccc3)nn3ccccc23)CCCCC1. The lowest BCUT2D eigenvalue weighted by Gasteiger charge is -2.37. The number of pyridine rings is 1. The number of ether oxygens (including phenoxy) is 1. The summed E-state index contributed by atoms with van der Waals surface area (Å²) in [5.41, 5.74) is 3.87. The maximum atomic E-state index is 13.2. The molecule has 0 saturated carbocycles. The number of carbonyl (C=O) groups is 1. The molecule has 4 rings (SSSR count). The van der Waals surface area contributed by atoms with Crippen LogP contribution in [0.1, 0.15) is 24.8 Å². The molecule has 0 aliphatic carbocycles. The van der Waals surface area contributed by atoms with Gasteiger partial charge in [0.25, 0.3) is 0 Å². The summed E-state index contributed by atoms with van der Waals surface area (Å²) in [7, 11) is 1.67. The summed E-state index contributed by atoms with van der Waals surface area (Å²) in [4.78, 5) is 13.2. The Morgan fingerprint density at radius 3 is 2.61 bits per heavy atom. The van der Waals surface area contributed by atoms with E-state index in [0.717, 1.165) is 48.3 Å². The number of carbonyl (C=O) groups excluding carboxylic acids is 1. The van der Waals surface area contributed by atoms with Gasteiger partial charge in [-0.25, -0.2) is 13.8 Å². The van der Waals surface area contributed by atoms with E-state index in [1.807, 2.05) is 65.3 Å². The zero-order valence-electron chi connectivity index (χ0n) is 16.3. The Morgan fingerprint density at radius 1 is 1.11 bits per heavy atom. The largest absolute Gasteiger partial charge is 0.340 e. The molecule has 3 aromatic rings. The van der Waals surface area contributed by atoms with Crippen LogP contribution in [0.5, 0.6) is 0 Å². The average molecular weight is 376 g/mol. The number of amides is 1. The molecule has 3 heterocycles. The van der Waals surface area contributed by atoms with E-state index >= 15 is 0 Å². The Bertz CT molecular complexity index is 980. The van der Waals surface area contributed by atoms with E-state index < -0.39 is 0 Å². The fourth-order valence-corrected chi connectivity index (χ4v) is 4.08. The summed E-state index contributed by atoms with van der Waals surface area (Å²) >= 11 is 0. The number of aromatic nitrogens is 2. The molecule has 0 bridgehead atoms. The van der Waals surface area contributed by atoms with Gasteiger partial charge >= 0.3 is 5.91 Å². The molecule has 28 heavy (non-hydrogen) atoms. The van der Waals surface area contributed by atoms with Gasteiger partial charge in [0.1, 0.15) is 5.69 Å². The third kappa shape index (κ3) is 3.51. The average Bonchev–Trinajstić information content (AvgIpc) is 3.12. The highest BCUT2D eigenvalue weighted by Crippen LogP contribution is 2.28. The van der Waals surface area contributed by atoms with E-state index in [0.29, 0.717) is 11.2 Å². The third-order valence-corrected chi connectivity index (χ3v) is 5.53. The summed E-state index contributed by atoms with van der Waals surface area (Å²) < 4.78 is 7.66. The van der Waals surface area contributed by atoms with Crippen LogP contribution in [-0.2, 0) is 9.53 Å². The molecule has 5 nitrogen and oxygen atoms in total. The van der Waals surface area contributed by atoms with Crippen LogP contribution in [0.3, 0.4) is 0 Å². The molecule has 2 aromatic heterocycles. The molecule has 1 aliphatic rings. The first-order valence-electron chi connectivity index (χ1n) is 9.84. The number of likely N-dealkylation sites (tertiary alicyclic amines) is 1. The van der Waals surface area contributed by atoms with Crippen molar-refractivity contribution in [2.45, 2.75) is 19.3 Å². The fraction of sp³-hybridized carbons (Fsp3) is 0.304. The number of nitrogens with zero attached hydrogens (tertiary/aromatic N) is 3. The van der Waals surface area contributed by atoms with Gasteiger partial charge < -0.3 is 4.74 Å². The molecule has 144 valence electrons. The summed E-state index contributed by atoms with van der Waals surface area (Å²) in [5.74, 6) is 0.107. The Labute approximate surface area is 165 Å². The minimum Gasteiger partial charge on any atom is -0.334 e. The van der Waals surface area contributed by atoms with Gasteiger partial charge in [-0.15, -0.1) is 0 Å². The van der Waals surface area contributed by atoms with Crippen molar-refractivity contribution in [2.24, 2.45) is 0 Å². The standard InChI is InChI=1S/C23H26N3O2/c1-28-18-26(16-8-3-9-17-26)22(27)14-13-20-21-12-6-7-15-25(21)24-23(20)19-10-4-2-5-11-19/h2,4-7,10-15H,3,8-9,16-18H2,1H3/q+1. The molecule has 1 amide bonds. The van der Waals surface area contributed by atoms with E-state index in [1.54, 1.807) is 13.2 Å². The lowest BCUT2D eigenvalue weighted by atomic mass is 10.1. The molecule has 0 atom stereocenters. The maximum Gasteiger partial charge on any atom is 0.340 e. The van der Waals surface area contributed by atoms with E-state index in [4.69, 9.17) is 9.84 Å². The summed E-state index contributed by atoms with van der Waals surface area (Å²) in [6, 6.07) is 16.1. The van der Waals surface area contributed by atoms with Crippen molar-refractivity contribution in [2.75, 3.05) is 26.9 Å². The molecule has 0 radical (unpaired) electrons. The van der Waals surface area contributed by atoms with Crippen LogP contribution in [0.2, 0.25) is 0 Å². The number of benzene rings is 1. The summed E-state index contributed by atoms with van der Waals surface area (Å²) in [6.07, 6.45) is 8.90. The highest BCUT2D eigenvalue weighted by molar-refractivity contribution is 5.92. The first-order valence-corrected chi connectivity index (χ1v) is 9.84. The second-order valence-corrected chi connectivity index (χ2v) is 7.40. The number of fused-ring (bicyclic) bond motifs is 1. The van der Waals surface area contributed by atoms with Crippen LogP contribution in [-0.4, -0.2) is 46.9 Å². The molecule has 0 spiro atoms. The second-order valence-electron chi connectivity index (χ2n) is 7.40. The molecule has 1 aromatic carbocycles. The molecule has 5 heteroatoms. The van der Waals surface area contributed by atoms with Crippen LogP contribution < -0.4 is 0 Å². The number of hydrogen-bond acceptors (Lipinski definition) is 3. The van der Waals surface area contributed by atoms with Gasteiger partial charge in [0.05, 0.1) is 18.6 Å². The Balaban J connectivity index is 1.73. The Morgan fingerprint density at radius 2 is 1.86 bits per heavy atom. The lowest BCUT2D eigenvalue weighted by Crippen LogP contribution is -2.56. The van der Waals surface area contributed by atoms with Crippen molar-refractivity contribution in [1.82, 2.24) is 9.61 Å². The van der Waals surface area contributed by atoms with Gasteiger partial charge in [-0.1, -0.05) is 36.4 Å². The molecule has 0 unspecified atom stereocenters. The minimum absolute atomic E-state index is 0.107. The van der Waals surface area contributed by atoms with E-state index in [1.165, 1.54) is 6.42 Å². The molecule has 1 aliphatic heterocycles. The first kappa shape index (κ1) is 18.6. The molecule has 1 saturated heterocycles. The first-order chi connectivity index (χ1) is 13.7. The van der Waals surface area contributed by atoms with Crippen LogP contribution in [0.25, 0.3) is 22.9 Å². The van der Waals surface area contributed by atoms with Gasteiger partial charge in [-0.2, -0.15) is 5.10 Å². The summed E-state index contributed by atoms with van der Waals surface area (Å²) in [6.45, 7) is 2.12. The highest BCUT2D eigenvalue weighted by atomic mass is 16.5. The Kier molecular flexibility index (Phi) is 5.37. The maximum absolute atomic E-state index is 13.2. The zero-order valence-corrected chi connectivity index (χ0v) is 16.3. The van der Waals surface area contributed by atoms with Gasteiger partial charge in [-0.3, -0.25) is 0 Å². The van der Waals surface area contributed by atoms with E-state index in [-0.39, 0.29) is 5.91 Å². The van der Waals surface area contributed by atoms with Crippen molar-refractivity contribution in [3.63, 3.8) is 0 Å². The number of quaternary nitrogens is 1. The molecular weight excluding hydrogens is 350 g/mol. The van der Waals surface area contributed by atoms with Crippen molar-refractivity contribution in [3.8, 4) is 11.3 Å². The van der Waals surface area contributed by atoms with Crippen molar-refractivity contribution in [3.05, 3.63) is 66.4 Å². The lowest BCUT2D eigenvalue weighted by molar-refractivity contribution is -0.876.